The molecule has 0 saturated heterocycles. The number of carbonyl (C=O) groups excluding carboxylic acids is 1. The number of anilines is 1. The predicted octanol–water partition coefficient (Wildman–Crippen LogP) is 2.80. The Morgan fingerprint density at radius 3 is 2.95 bits per heavy atom. The average molecular weight is 273 g/mol. The van der Waals surface area contributed by atoms with Crippen molar-refractivity contribution >= 4 is 11.6 Å². The first-order valence-electron chi connectivity index (χ1n) is 6.78. The van der Waals surface area contributed by atoms with Crippen LogP contribution in [0.2, 0.25) is 0 Å². The highest BCUT2D eigenvalue weighted by Crippen LogP contribution is 2.22. The van der Waals surface area contributed by atoms with E-state index in [0.29, 0.717) is 18.7 Å². The van der Waals surface area contributed by atoms with Gasteiger partial charge < -0.3 is 15.5 Å². The van der Waals surface area contributed by atoms with Crippen LogP contribution in [0.3, 0.4) is 0 Å². The molecular formula is C15H19N3O2. The molecule has 0 bridgehead atoms. The molecule has 0 spiro atoms. The quantitative estimate of drug-likeness (QED) is 0.760. The Kier molecular flexibility index (Phi) is 5.32. The van der Waals surface area contributed by atoms with Crippen LogP contribution < -0.4 is 11.1 Å². The molecule has 0 fully saturated rings. The Hall–Kier alpha value is -2.14. The zero-order valence-electron chi connectivity index (χ0n) is 11.3. The fourth-order valence-corrected chi connectivity index (χ4v) is 1.94. The molecular weight excluding hydrogens is 254 g/mol. The lowest BCUT2D eigenvalue weighted by Gasteiger charge is -2.06. The van der Waals surface area contributed by atoms with E-state index in [1.54, 1.807) is 6.20 Å². The molecule has 0 radical (unpaired) electrons. The summed E-state index contributed by atoms with van der Waals surface area (Å²) in [6, 6.07) is 7.52. The molecule has 3 N–H and O–H groups in total. The van der Waals surface area contributed by atoms with E-state index in [-0.39, 0.29) is 5.91 Å². The molecule has 1 heterocycles. The van der Waals surface area contributed by atoms with Gasteiger partial charge in [-0.15, -0.1) is 0 Å². The SMILES string of the molecule is NCCCCCC(=O)Nc1cccc(-c2cnco2)c1. The average Bonchev–Trinajstić information content (AvgIpc) is 2.98. The summed E-state index contributed by atoms with van der Waals surface area (Å²) in [5.74, 6) is 0.709. The second-order valence-corrected chi connectivity index (χ2v) is 4.59. The summed E-state index contributed by atoms with van der Waals surface area (Å²) < 4.78 is 5.24. The summed E-state index contributed by atoms with van der Waals surface area (Å²) in [7, 11) is 0. The maximum Gasteiger partial charge on any atom is 0.224 e. The van der Waals surface area contributed by atoms with Crippen molar-refractivity contribution in [2.24, 2.45) is 5.73 Å². The lowest BCUT2D eigenvalue weighted by Crippen LogP contribution is -2.11. The summed E-state index contributed by atoms with van der Waals surface area (Å²) in [4.78, 5) is 15.7. The van der Waals surface area contributed by atoms with Crippen molar-refractivity contribution in [3.8, 4) is 11.3 Å². The molecule has 2 aromatic rings. The molecule has 0 aliphatic heterocycles. The summed E-state index contributed by atoms with van der Waals surface area (Å²) >= 11 is 0. The number of nitrogens with two attached hydrogens (primary N) is 1. The van der Waals surface area contributed by atoms with Crippen LogP contribution in [0.5, 0.6) is 0 Å². The first-order valence-corrected chi connectivity index (χ1v) is 6.78. The minimum atomic E-state index is 0.0248. The van der Waals surface area contributed by atoms with E-state index in [1.165, 1.54) is 6.39 Å². The smallest absolute Gasteiger partial charge is 0.224 e. The molecule has 0 saturated carbocycles. The number of oxazole rings is 1. The van der Waals surface area contributed by atoms with Crippen molar-refractivity contribution in [1.82, 2.24) is 4.98 Å². The largest absolute Gasteiger partial charge is 0.444 e. The van der Waals surface area contributed by atoms with Gasteiger partial charge in [-0.05, 0) is 31.5 Å². The van der Waals surface area contributed by atoms with Gasteiger partial charge in [0, 0.05) is 17.7 Å². The second kappa shape index (κ2) is 7.45. The number of amides is 1. The number of nitrogens with one attached hydrogen (secondary N) is 1. The van der Waals surface area contributed by atoms with Gasteiger partial charge >= 0.3 is 0 Å². The zero-order chi connectivity index (χ0) is 14.2. The summed E-state index contributed by atoms with van der Waals surface area (Å²) in [6.45, 7) is 0.681. The predicted molar refractivity (Wildman–Crippen MR) is 78.1 cm³/mol. The fourth-order valence-electron chi connectivity index (χ4n) is 1.94. The van der Waals surface area contributed by atoms with Gasteiger partial charge in [0.1, 0.15) is 0 Å². The van der Waals surface area contributed by atoms with Crippen LogP contribution in [0, 0.1) is 0 Å². The normalized spacial score (nSPS) is 10.4. The van der Waals surface area contributed by atoms with Gasteiger partial charge in [-0.2, -0.15) is 0 Å². The van der Waals surface area contributed by atoms with Gasteiger partial charge in [0.25, 0.3) is 0 Å². The maximum absolute atomic E-state index is 11.8. The molecule has 20 heavy (non-hydrogen) atoms. The number of hydrogen-bond acceptors (Lipinski definition) is 4. The third-order valence-electron chi connectivity index (χ3n) is 2.97. The highest BCUT2D eigenvalue weighted by atomic mass is 16.3. The molecule has 5 nitrogen and oxygen atoms in total. The number of hydrogen-bond donors (Lipinski definition) is 2. The van der Waals surface area contributed by atoms with Crippen molar-refractivity contribution in [3.05, 3.63) is 36.9 Å². The molecule has 0 atom stereocenters. The molecule has 2 rings (SSSR count). The van der Waals surface area contributed by atoms with Crippen LogP contribution in [0.15, 0.2) is 41.3 Å². The topological polar surface area (TPSA) is 81.2 Å². The molecule has 5 heteroatoms. The van der Waals surface area contributed by atoms with Crippen LogP contribution in [-0.4, -0.2) is 17.4 Å². The zero-order valence-corrected chi connectivity index (χ0v) is 11.3. The Morgan fingerprint density at radius 2 is 2.20 bits per heavy atom. The third-order valence-corrected chi connectivity index (χ3v) is 2.97. The minimum absolute atomic E-state index is 0.0248. The monoisotopic (exact) mass is 273 g/mol. The van der Waals surface area contributed by atoms with Crippen LogP contribution in [0.4, 0.5) is 5.69 Å². The number of benzene rings is 1. The molecule has 0 unspecified atom stereocenters. The summed E-state index contributed by atoms with van der Waals surface area (Å²) in [5, 5.41) is 2.89. The Bertz CT molecular complexity index is 538. The maximum atomic E-state index is 11.8. The number of carbonyl (C=O) groups is 1. The van der Waals surface area contributed by atoms with Gasteiger partial charge in [-0.25, -0.2) is 4.98 Å². The van der Waals surface area contributed by atoms with E-state index >= 15 is 0 Å². The fraction of sp³-hybridized carbons (Fsp3) is 0.333. The minimum Gasteiger partial charge on any atom is -0.444 e. The van der Waals surface area contributed by atoms with E-state index in [0.717, 1.165) is 30.5 Å². The Balaban J connectivity index is 1.90. The lowest BCUT2D eigenvalue weighted by molar-refractivity contribution is -0.116. The highest BCUT2D eigenvalue weighted by molar-refractivity contribution is 5.91. The van der Waals surface area contributed by atoms with E-state index in [2.05, 4.69) is 10.3 Å². The van der Waals surface area contributed by atoms with Crippen molar-refractivity contribution in [1.29, 1.82) is 0 Å². The van der Waals surface area contributed by atoms with Crippen molar-refractivity contribution in [3.63, 3.8) is 0 Å². The van der Waals surface area contributed by atoms with E-state index in [9.17, 15) is 4.79 Å². The third kappa shape index (κ3) is 4.20. The van der Waals surface area contributed by atoms with Gasteiger partial charge in [-0.1, -0.05) is 18.6 Å². The van der Waals surface area contributed by atoms with Crippen LogP contribution in [-0.2, 0) is 4.79 Å². The lowest BCUT2D eigenvalue weighted by atomic mass is 10.1. The molecule has 1 amide bonds. The van der Waals surface area contributed by atoms with E-state index < -0.39 is 0 Å². The summed E-state index contributed by atoms with van der Waals surface area (Å²) in [5.41, 5.74) is 7.08. The van der Waals surface area contributed by atoms with Gasteiger partial charge in [0.2, 0.25) is 5.91 Å². The van der Waals surface area contributed by atoms with Crippen LogP contribution >= 0.6 is 0 Å². The number of rotatable bonds is 7. The highest BCUT2D eigenvalue weighted by Gasteiger charge is 2.05. The second-order valence-electron chi connectivity index (χ2n) is 4.59. The van der Waals surface area contributed by atoms with Crippen molar-refractivity contribution in [2.75, 3.05) is 11.9 Å². The molecule has 0 aliphatic carbocycles. The Labute approximate surface area is 118 Å². The van der Waals surface area contributed by atoms with Gasteiger partial charge in [0.05, 0.1) is 6.20 Å². The first kappa shape index (κ1) is 14.3. The van der Waals surface area contributed by atoms with Crippen LogP contribution in [0.25, 0.3) is 11.3 Å². The number of aromatic nitrogens is 1. The van der Waals surface area contributed by atoms with Crippen molar-refractivity contribution < 1.29 is 9.21 Å². The molecule has 106 valence electrons. The van der Waals surface area contributed by atoms with E-state index in [1.807, 2.05) is 24.3 Å². The molecule has 1 aromatic heterocycles. The first-order chi connectivity index (χ1) is 9.79. The number of nitrogens with zero attached hydrogens (tertiary/aromatic N) is 1. The van der Waals surface area contributed by atoms with Crippen LogP contribution in [0.1, 0.15) is 25.7 Å². The number of unbranched alkanes of at least 4 members (excludes halogenated alkanes) is 2. The van der Waals surface area contributed by atoms with Gasteiger partial charge in [-0.3, -0.25) is 4.79 Å². The standard InChI is InChI=1S/C15H19N3O2/c16-8-3-1-2-7-15(19)18-13-6-4-5-12(9-13)14-10-17-11-20-14/h4-6,9-11H,1-3,7-8,16H2,(H,18,19). The molecule has 1 aromatic carbocycles. The van der Waals surface area contributed by atoms with Gasteiger partial charge in [0.15, 0.2) is 12.2 Å². The van der Waals surface area contributed by atoms with E-state index in [4.69, 9.17) is 10.2 Å². The van der Waals surface area contributed by atoms with Crippen molar-refractivity contribution in [2.45, 2.75) is 25.7 Å². The molecule has 0 aliphatic rings. The Morgan fingerprint density at radius 1 is 1.30 bits per heavy atom. The summed E-state index contributed by atoms with van der Waals surface area (Å²) in [6.07, 6.45) is 6.37.